The van der Waals surface area contributed by atoms with E-state index in [2.05, 4.69) is 10.6 Å². The first-order chi connectivity index (χ1) is 6.18. The Balaban J connectivity index is 2.09. The molecule has 1 fully saturated rings. The average Bonchev–Trinajstić information content (AvgIpc) is 2.53. The lowest BCUT2D eigenvalue weighted by Gasteiger charge is -2.09. The van der Waals surface area contributed by atoms with E-state index in [1.54, 1.807) is 6.92 Å². The first kappa shape index (κ1) is 10.5. The van der Waals surface area contributed by atoms with E-state index in [-0.39, 0.29) is 5.91 Å². The van der Waals surface area contributed by atoms with E-state index in [4.69, 9.17) is 5.11 Å². The van der Waals surface area contributed by atoms with Gasteiger partial charge in [-0.3, -0.25) is 4.79 Å². The van der Waals surface area contributed by atoms with E-state index in [0.29, 0.717) is 18.9 Å². The number of carbonyl (C=O) groups is 1. The molecule has 2 unspecified atom stereocenters. The lowest BCUT2D eigenvalue weighted by Crippen LogP contribution is -2.32. The van der Waals surface area contributed by atoms with Gasteiger partial charge in [0.15, 0.2) is 0 Å². The van der Waals surface area contributed by atoms with Gasteiger partial charge in [-0.25, -0.2) is 0 Å². The summed E-state index contributed by atoms with van der Waals surface area (Å²) in [5, 5.41) is 14.8. The average molecular weight is 186 g/mol. The molecule has 0 aromatic rings. The molecule has 4 heteroatoms. The van der Waals surface area contributed by atoms with Crippen molar-refractivity contribution in [2.75, 3.05) is 19.6 Å². The van der Waals surface area contributed by atoms with Gasteiger partial charge in [0.05, 0.1) is 6.10 Å². The largest absolute Gasteiger partial charge is 0.392 e. The number of amides is 1. The van der Waals surface area contributed by atoms with E-state index in [9.17, 15) is 4.79 Å². The van der Waals surface area contributed by atoms with E-state index in [1.165, 1.54) is 0 Å². The molecule has 0 spiro atoms. The molecule has 0 radical (unpaired) electrons. The van der Waals surface area contributed by atoms with Crippen LogP contribution in [0.15, 0.2) is 0 Å². The van der Waals surface area contributed by atoms with Gasteiger partial charge < -0.3 is 15.7 Å². The van der Waals surface area contributed by atoms with Gasteiger partial charge in [0.2, 0.25) is 5.91 Å². The summed E-state index contributed by atoms with van der Waals surface area (Å²) < 4.78 is 0. The summed E-state index contributed by atoms with van der Waals surface area (Å²) in [6.07, 6.45) is 1.22. The summed E-state index contributed by atoms with van der Waals surface area (Å²) in [5.74, 6) is 0.531. The highest BCUT2D eigenvalue weighted by Gasteiger charge is 2.17. The van der Waals surface area contributed by atoms with Gasteiger partial charge in [0.25, 0.3) is 0 Å². The molecular weight excluding hydrogens is 168 g/mol. The second-order valence-corrected chi connectivity index (χ2v) is 3.72. The molecule has 1 amide bonds. The Morgan fingerprint density at radius 1 is 1.77 bits per heavy atom. The maximum atomic E-state index is 11.3. The fourth-order valence-electron chi connectivity index (χ4n) is 1.48. The Labute approximate surface area is 78.7 Å². The van der Waals surface area contributed by atoms with Gasteiger partial charge in [0.1, 0.15) is 0 Å². The zero-order valence-electron chi connectivity index (χ0n) is 8.05. The van der Waals surface area contributed by atoms with E-state index < -0.39 is 6.10 Å². The molecule has 3 N–H and O–H groups in total. The van der Waals surface area contributed by atoms with Crippen molar-refractivity contribution in [3.63, 3.8) is 0 Å². The van der Waals surface area contributed by atoms with Crippen molar-refractivity contribution in [1.29, 1.82) is 0 Å². The molecule has 2 atom stereocenters. The number of carbonyl (C=O) groups excluding carboxylic acids is 1. The zero-order valence-corrected chi connectivity index (χ0v) is 8.05. The van der Waals surface area contributed by atoms with Crippen LogP contribution < -0.4 is 10.6 Å². The fourth-order valence-corrected chi connectivity index (χ4v) is 1.48. The molecule has 13 heavy (non-hydrogen) atoms. The Bertz CT molecular complexity index is 165. The number of hydrogen-bond donors (Lipinski definition) is 3. The van der Waals surface area contributed by atoms with Crippen LogP contribution in [-0.2, 0) is 4.79 Å². The van der Waals surface area contributed by atoms with Crippen LogP contribution in [0.3, 0.4) is 0 Å². The van der Waals surface area contributed by atoms with Crippen LogP contribution in [0.4, 0.5) is 0 Å². The summed E-state index contributed by atoms with van der Waals surface area (Å²) in [6.45, 7) is 3.99. The lowest BCUT2D eigenvalue weighted by molar-refractivity contribution is -0.122. The number of rotatable bonds is 4. The Morgan fingerprint density at radius 3 is 3.08 bits per heavy atom. The molecule has 0 bridgehead atoms. The normalized spacial score (nSPS) is 24.3. The zero-order chi connectivity index (χ0) is 9.68. The predicted octanol–water partition coefficient (Wildman–Crippen LogP) is -0.517. The maximum Gasteiger partial charge on any atom is 0.220 e. The SMILES string of the molecule is CC(O)CNC(=O)CC1CCNC1. The molecule has 76 valence electrons. The molecule has 1 aliphatic heterocycles. The molecule has 1 heterocycles. The molecular formula is C9H18N2O2. The molecule has 1 aliphatic rings. The number of aliphatic hydroxyl groups is 1. The lowest BCUT2D eigenvalue weighted by atomic mass is 10.0. The molecule has 4 nitrogen and oxygen atoms in total. The van der Waals surface area contributed by atoms with Gasteiger partial charge in [-0.1, -0.05) is 0 Å². The van der Waals surface area contributed by atoms with Crippen molar-refractivity contribution >= 4 is 5.91 Å². The molecule has 1 rings (SSSR count). The quantitative estimate of drug-likeness (QED) is 0.554. The number of nitrogens with one attached hydrogen (secondary N) is 2. The standard InChI is InChI=1S/C9H18N2O2/c1-7(12)5-11-9(13)4-8-2-3-10-6-8/h7-8,10,12H,2-6H2,1H3,(H,11,13). The first-order valence-corrected chi connectivity index (χ1v) is 4.84. The molecule has 0 aromatic heterocycles. The summed E-state index contributed by atoms with van der Waals surface area (Å²) in [7, 11) is 0. The highest BCUT2D eigenvalue weighted by molar-refractivity contribution is 5.76. The highest BCUT2D eigenvalue weighted by atomic mass is 16.3. The summed E-state index contributed by atoms with van der Waals surface area (Å²) in [4.78, 5) is 11.3. The molecule has 1 saturated heterocycles. The van der Waals surface area contributed by atoms with Crippen LogP contribution in [-0.4, -0.2) is 36.8 Å². The maximum absolute atomic E-state index is 11.3. The molecule has 0 saturated carbocycles. The van der Waals surface area contributed by atoms with Gasteiger partial charge in [-0.15, -0.1) is 0 Å². The van der Waals surface area contributed by atoms with E-state index >= 15 is 0 Å². The second kappa shape index (κ2) is 5.19. The van der Waals surface area contributed by atoms with Crippen LogP contribution in [0.1, 0.15) is 19.8 Å². The van der Waals surface area contributed by atoms with Crippen molar-refractivity contribution in [3.05, 3.63) is 0 Å². The van der Waals surface area contributed by atoms with E-state index in [1.807, 2.05) is 0 Å². The fraction of sp³-hybridized carbons (Fsp3) is 0.889. The number of hydrogen-bond acceptors (Lipinski definition) is 3. The Morgan fingerprint density at radius 2 is 2.54 bits per heavy atom. The van der Waals surface area contributed by atoms with Crippen LogP contribution in [0.5, 0.6) is 0 Å². The topological polar surface area (TPSA) is 61.4 Å². The second-order valence-electron chi connectivity index (χ2n) is 3.72. The minimum atomic E-state index is -0.453. The van der Waals surface area contributed by atoms with Crippen LogP contribution >= 0.6 is 0 Å². The molecule has 0 aromatic carbocycles. The third-order valence-electron chi connectivity index (χ3n) is 2.23. The first-order valence-electron chi connectivity index (χ1n) is 4.84. The minimum Gasteiger partial charge on any atom is -0.392 e. The van der Waals surface area contributed by atoms with Gasteiger partial charge in [-0.2, -0.15) is 0 Å². The predicted molar refractivity (Wildman–Crippen MR) is 50.3 cm³/mol. The van der Waals surface area contributed by atoms with Crippen LogP contribution in [0, 0.1) is 5.92 Å². The van der Waals surface area contributed by atoms with Gasteiger partial charge in [-0.05, 0) is 32.4 Å². The van der Waals surface area contributed by atoms with E-state index in [0.717, 1.165) is 19.5 Å². The third-order valence-corrected chi connectivity index (χ3v) is 2.23. The Hall–Kier alpha value is -0.610. The summed E-state index contributed by atoms with van der Waals surface area (Å²) in [5.41, 5.74) is 0. The van der Waals surface area contributed by atoms with Crippen LogP contribution in [0.2, 0.25) is 0 Å². The molecule has 0 aliphatic carbocycles. The number of aliphatic hydroxyl groups excluding tert-OH is 1. The van der Waals surface area contributed by atoms with Crippen molar-refractivity contribution in [2.45, 2.75) is 25.9 Å². The summed E-state index contributed by atoms with van der Waals surface area (Å²) >= 11 is 0. The van der Waals surface area contributed by atoms with Crippen molar-refractivity contribution in [2.24, 2.45) is 5.92 Å². The van der Waals surface area contributed by atoms with Gasteiger partial charge in [0, 0.05) is 13.0 Å². The summed E-state index contributed by atoms with van der Waals surface area (Å²) in [6, 6.07) is 0. The van der Waals surface area contributed by atoms with Crippen molar-refractivity contribution in [1.82, 2.24) is 10.6 Å². The van der Waals surface area contributed by atoms with Crippen molar-refractivity contribution in [3.8, 4) is 0 Å². The Kier molecular flexibility index (Phi) is 4.18. The third kappa shape index (κ3) is 4.24. The van der Waals surface area contributed by atoms with Gasteiger partial charge >= 0.3 is 0 Å². The minimum absolute atomic E-state index is 0.0506. The monoisotopic (exact) mass is 186 g/mol. The smallest absolute Gasteiger partial charge is 0.220 e. The van der Waals surface area contributed by atoms with Crippen molar-refractivity contribution < 1.29 is 9.90 Å². The highest BCUT2D eigenvalue weighted by Crippen LogP contribution is 2.11. The van der Waals surface area contributed by atoms with Crippen LogP contribution in [0.25, 0.3) is 0 Å².